The number of likely N-dealkylation sites (N-methyl/N-ethyl adjacent to an activating group) is 1. The summed E-state index contributed by atoms with van der Waals surface area (Å²) in [6, 6.07) is 11.0. The van der Waals surface area contributed by atoms with E-state index in [0.717, 1.165) is 27.9 Å². The standard InChI is InChI=1S/C18H20N2O3S/c1-12-4-5-13(2)15(8-12)11-24(22,23)19-16-6-7-17-14(9-16)10-18(21)20(17)3/h4-9,19H,10-11H2,1-3H3. The molecule has 0 aliphatic carbocycles. The zero-order valence-corrected chi connectivity index (χ0v) is 14.8. The van der Waals surface area contributed by atoms with Crippen LogP contribution in [-0.2, 0) is 27.0 Å². The van der Waals surface area contributed by atoms with Gasteiger partial charge in [-0.05, 0) is 48.7 Å². The molecule has 1 aliphatic heterocycles. The second-order valence-electron chi connectivity index (χ2n) is 6.26. The van der Waals surface area contributed by atoms with E-state index in [1.807, 2.05) is 32.0 Å². The Morgan fingerprint density at radius 2 is 1.88 bits per heavy atom. The number of nitrogens with one attached hydrogen (secondary N) is 1. The van der Waals surface area contributed by atoms with Crippen LogP contribution in [-0.4, -0.2) is 21.4 Å². The number of hydrogen-bond acceptors (Lipinski definition) is 3. The maximum Gasteiger partial charge on any atom is 0.236 e. The SMILES string of the molecule is Cc1ccc(C)c(CS(=O)(=O)Nc2ccc3c(c2)CC(=O)N3C)c1. The summed E-state index contributed by atoms with van der Waals surface area (Å²) in [6.07, 6.45) is 0.304. The summed E-state index contributed by atoms with van der Waals surface area (Å²) in [7, 11) is -1.80. The number of carbonyl (C=O) groups excluding carboxylic acids is 1. The number of sulfonamides is 1. The molecule has 0 radical (unpaired) electrons. The van der Waals surface area contributed by atoms with Gasteiger partial charge >= 0.3 is 0 Å². The van der Waals surface area contributed by atoms with Crippen LogP contribution in [0.5, 0.6) is 0 Å². The van der Waals surface area contributed by atoms with Crippen molar-refractivity contribution >= 4 is 27.3 Å². The highest BCUT2D eigenvalue weighted by Crippen LogP contribution is 2.30. The van der Waals surface area contributed by atoms with Crippen LogP contribution in [0.1, 0.15) is 22.3 Å². The maximum atomic E-state index is 12.5. The molecule has 1 amide bonds. The normalized spacial score (nSPS) is 14.0. The summed E-state index contributed by atoms with van der Waals surface area (Å²) in [5.74, 6) is -0.0587. The second kappa shape index (κ2) is 5.94. The third-order valence-corrected chi connectivity index (χ3v) is 5.52. The first-order chi connectivity index (χ1) is 11.2. The summed E-state index contributed by atoms with van der Waals surface area (Å²) in [5, 5.41) is 0. The smallest absolute Gasteiger partial charge is 0.236 e. The number of hydrogen-bond donors (Lipinski definition) is 1. The molecule has 0 spiro atoms. The minimum Gasteiger partial charge on any atom is -0.315 e. The molecule has 0 atom stereocenters. The summed E-state index contributed by atoms with van der Waals surface area (Å²) in [5.41, 5.74) is 4.93. The topological polar surface area (TPSA) is 66.5 Å². The highest BCUT2D eigenvalue weighted by molar-refractivity contribution is 7.91. The van der Waals surface area contributed by atoms with Crippen molar-refractivity contribution in [1.82, 2.24) is 0 Å². The van der Waals surface area contributed by atoms with Gasteiger partial charge in [0, 0.05) is 18.4 Å². The van der Waals surface area contributed by atoms with Crippen LogP contribution in [0.25, 0.3) is 0 Å². The van der Waals surface area contributed by atoms with Gasteiger partial charge in [-0.15, -0.1) is 0 Å². The molecule has 126 valence electrons. The number of rotatable bonds is 4. The molecule has 0 saturated heterocycles. The lowest BCUT2D eigenvalue weighted by molar-refractivity contribution is -0.117. The van der Waals surface area contributed by atoms with Crippen LogP contribution in [0.3, 0.4) is 0 Å². The lowest BCUT2D eigenvalue weighted by Gasteiger charge is -2.13. The highest BCUT2D eigenvalue weighted by Gasteiger charge is 2.24. The predicted molar refractivity (Wildman–Crippen MR) is 95.7 cm³/mol. The zero-order valence-electron chi connectivity index (χ0n) is 14.0. The minimum absolute atomic E-state index is 0.0143. The minimum atomic E-state index is -3.52. The van der Waals surface area contributed by atoms with Gasteiger partial charge in [0.05, 0.1) is 12.2 Å². The average Bonchev–Trinajstić information content (AvgIpc) is 2.77. The molecular formula is C18H20N2O3S. The van der Waals surface area contributed by atoms with Gasteiger partial charge in [0.15, 0.2) is 0 Å². The van der Waals surface area contributed by atoms with Gasteiger partial charge in [0.1, 0.15) is 0 Å². The first-order valence-corrected chi connectivity index (χ1v) is 9.36. The van der Waals surface area contributed by atoms with E-state index < -0.39 is 10.0 Å². The van der Waals surface area contributed by atoms with Gasteiger partial charge in [-0.3, -0.25) is 9.52 Å². The Kier molecular flexibility index (Phi) is 4.09. The molecule has 2 aromatic carbocycles. The maximum absolute atomic E-state index is 12.5. The third-order valence-electron chi connectivity index (χ3n) is 4.28. The van der Waals surface area contributed by atoms with Crippen LogP contribution >= 0.6 is 0 Å². The first kappa shape index (κ1) is 16.5. The Morgan fingerprint density at radius 1 is 1.12 bits per heavy atom. The van der Waals surface area contributed by atoms with E-state index in [1.54, 1.807) is 30.1 Å². The molecule has 2 aromatic rings. The molecule has 6 heteroatoms. The van der Waals surface area contributed by atoms with Crippen LogP contribution in [0.4, 0.5) is 11.4 Å². The summed E-state index contributed by atoms with van der Waals surface area (Å²) >= 11 is 0. The van der Waals surface area contributed by atoms with Gasteiger partial charge in [-0.2, -0.15) is 0 Å². The van der Waals surface area contributed by atoms with Crippen molar-refractivity contribution in [2.45, 2.75) is 26.0 Å². The summed E-state index contributed by atoms with van der Waals surface area (Å²) < 4.78 is 27.6. The number of benzene rings is 2. The van der Waals surface area contributed by atoms with E-state index in [0.29, 0.717) is 12.1 Å². The molecule has 0 saturated carbocycles. The lowest BCUT2D eigenvalue weighted by atomic mass is 10.1. The van der Waals surface area contributed by atoms with Crippen molar-refractivity contribution in [2.75, 3.05) is 16.7 Å². The van der Waals surface area contributed by atoms with Crippen molar-refractivity contribution < 1.29 is 13.2 Å². The Hall–Kier alpha value is -2.34. The molecular weight excluding hydrogens is 324 g/mol. The van der Waals surface area contributed by atoms with Crippen molar-refractivity contribution in [3.8, 4) is 0 Å². The first-order valence-electron chi connectivity index (χ1n) is 7.71. The van der Waals surface area contributed by atoms with Crippen LogP contribution in [0, 0.1) is 13.8 Å². The highest BCUT2D eigenvalue weighted by atomic mass is 32.2. The Morgan fingerprint density at radius 3 is 2.62 bits per heavy atom. The van der Waals surface area contributed by atoms with Crippen LogP contribution < -0.4 is 9.62 Å². The zero-order chi connectivity index (χ0) is 17.5. The fraction of sp³-hybridized carbons (Fsp3) is 0.278. The quantitative estimate of drug-likeness (QED) is 0.927. The van der Waals surface area contributed by atoms with Crippen molar-refractivity contribution in [3.05, 3.63) is 58.7 Å². The monoisotopic (exact) mass is 344 g/mol. The Labute approximate surface area is 142 Å². The van der Waals surface area contributed by atoms with Gasteiger partial charge in [-0.25, -0.2) is 8.42 Å². The summed E-state index contributed by atoms with van der Waals surface area (Å²) in [4.78, 5) is 13.3. The molecule has 5 nitrogen and oxygen atoms in total. The molecule has 24 heavy (non-hydrogen) atoms. The van der Waals surface area contributed by atoms with Gasteiger partial charge in [0.2, 0.25) is 15.9 Å². The van der Waals surface area contributed by atoms with Crippen molar-refractivity contribution in [3.63, 3.8) is 0 Å². The lowest BCUT2D eigenvalue weighted by Crippen LogP contribution is -2.20. The number of fused-ring (bicyclic) bond motifs is 1. The molecule has 1 aliphatic rings. The van der Waals surface area contributed by atoms with Gasteiger partial charge in [-0.1, -0.05) is 23.8 Å². The number of nitrogens with zero attached hydrogens (tertiary/aromatic N) is 1. The number of anilines is 2. The molecule has 0 bridgehead atoms. The predicted octanol–water partition coefficient (Wildman–Crippen LogP) is 2.76. The molecule has 3 rings (SSSR count). The third kappa shape index (κ3) is 3.28. The molecule has 0 unspecified atom stereocenters. The van der Waals surface area contributed by atoms with Gasteiger partial charge < -0.3 is 4.90 Å². The fourth-order valence-corrected chi connectivity index (χ4v) is 4.19. The molecule has 0 fully saturated rings. The average molecular weight is 344 g/mol. The van der Waals surface area contributed by atoms with E-state index in [2.05, 4.69) is 4.72 Å². The molecule has 1 N–H and O–H groups in total. The number of carbonyl (C=O) groups is 1. The molecule has 0 aromatic heterocycles. The van der Waals surface area contributed by atoms with Crippen LogP contribution in [0.2, 0.25) is 0 Å². The summed E-state index contributed by atoms with van der Waals surface area (Å²) in [6.45, 7) is 3.85. The van der Waals surface area contributed by atoms with Crippen LogP contribution in [0.15, 0.2) is 36.4 Å². The second-order valence-corrected chi connectivity index (χ2v) is 7.99. The number of amides is 1. The van der Waals surface area contributed by atoms with Crippen molar-refractivity contribution in [1.29, 1.82) is 0 Å². The Bertz CT molecular complexity index is 920. The van der Waals surface area contributed by atoms with E-state index in [1.165, 1.54) is 0 Å². The fourth-order valence-electron chi connectivity index (χ4n) is 2.91. The number of aryl methyl sites for hydroxylation is 2. The Balaban J connectivity index is 1.82. The van der Waals surface area contributed by atoms with E-state index in [4.69, 9.17) is 0 Å². The van der Waals surface area contributed by atoms with Gasteiger partial charge in [0.25, 0.3) is 0 Å². The van der Waals surface area contributed by atoms with E-state index in [9.17, 15) is 13.2 Å². The van der Waals surface area contributed by atoms with E-state index in [-0.39, 0.29) is 11.7 Å². The van der Waals surface area contributed by atoms with E-state index >= 15 is 0 Å². The largest absolute Gasteiger partial charge is 0.315 e. The van der Waals surface area contributed by atoms with Crippen molar-refractivity contribution in [2.24, 2.45) is 0 Å². The molecule has 1 heterocycles.